The highest BCUT2D eigenvalue weighted by atomic mass is 16.5. The van der Waals surface area contributed by atoms with Crippen LogP contribution in [0, 0.1) is 0 Å². The third-order valence-electron chi connectivity index (χ3n) is 3.36. The van der Waals surface area contributed by atoms with Crippen LogP contribution in [0.15, 0.2) is 36.7 Å². The van der Waals surface area contributed by atoms with Crippen LogP contribution >= 0.6 is 0 Å². The van der Waals surface area contributed by atoms with Crippen molar-refractivity contribution >= 4 is 10.8 Å². The molecule has 2 aromatic rings. The van der Waals surface area contributed by atoms with Gasteiger partial charge in [0.05, 0.1) is 6.61 Å². The molecule has 0 aliphatic heterocycles. The molecule has 0 saturated heterocycles. The van der Waals surface area contributed by atoms with Crippen LogP contribution < -0.4 is 5.73 Å². The molecule has 0 amide bonds. The molecule has 0 fully saturated rings. The molecule has 1 aromatic carbocycles. The first-order chi connectivity index (χ1) is 9.21. The van der Waals surface area contributed by atoms with Gasteiger partial charge in [-0.1, -0.05) is 18.2 Å². The zero-order valence-corrected chi connectivity index (χ0v) is 11.2. The molecule has 0 radical (unpaired) electrons. The quantitative estimate of drug-likeness (QED) is 0.831. The van der Waals surface area contributed by atoms with Crippen LogP contribution in [0.2, 0.25) is 0 Å². The van der Waals surface area contributed by atoms with Gasteiger partial charge in [-0.15, -0.1) is 0 Å². The molecule has 4 nitrogen and oxygen atoms in total. The molecular formula is C15H20N2O2. The standard InChI is InChI=1S/C15H20N2O2/c1-19-11-15(18,7-3-8-16)14-5-2-4-12-6-9-17-10-13(12)14/h2,4-6,9-10,18H,3,7-8,11,16H2,1H3. The summed E-state index contributed by atoms with van der Waals surface area (Å²) in [7, 11) is 1.59. The summed E-state index contributed by atoms with van der Waals surface area (Å²) in [6.07, 6.45) is 4.86. The molecule has 0 aliphatic rings. The Labute approximate surface area is 113 Å². The molecule has 3 N–H and O–H groups in total. The third kappa shape index (κ3) is 2.92. The number of benzene rings is 1. The molecule has 102 valence electrons. The monoisotopic (exact) mass is 260 g/mol. The molecule has 0 aliphatic carbocycles. The Bertz CT molecular complexity index is 539. The van der Waals surface area contributed by atoms with Crippen LogP contribution in [-0.2, 0) is 10.3 Å². The zero-order valence-electron chi connectivity index (χ0n) is 11.2. The maximum atomic E-state index is 10.9. The highest BCUT2D eigenvalue weighted by molar-refractivity contribution is 5.85. The summed E-state index contributed by atoms with van der Waals surface area (Å²) in [5, 5.41) is 12.9. The molecule has 2 rings (SSSR count). The fourth-order valence-electron chi connectivity index (χ4n) is 2.44. The summed E-state index contributed by atoms with van der Waals surface area (Å²) in [6, 6.07) is 7.83. The fraction of sp³-hybridized carbons (Fsp3) is 0.400. The van der Waals surface area contributed by atoms with Gasteiger partial charge in [-0.3, -0.25) is 4.98 Å². The molecule has 1 unspecified atom stereocenters. The minimum absolute atomic E-state index is 0.251. The van der Waals surface area contributed by atoms with Gasteiger partial charge in [-0.25, -0.2) is 0 Å². The third-order valence-corrected chi connectivity index (χ3v) is 3.36. The lowest BCUT2D eigenvalue weighted by Gasteiger charge is -2.29. The normalized spacial score (nSPS) is 14.5. The van der Waals surface area contributed by atoms with Gasteiger partial charge in [0.15, 0.2) is 0 Å². The minimum Gasteiger partial charge on any atom is -0.383 e. The van der Waals surface area contributed by atoms with Gasteiger partial charge < -0.3 is 15.6 Å². The van der Waals surface area contributed by atoms with Crippen molar-refractivity contribution < 1.29 is 9.84 Å². The van der Waals surface area contributed by atoms with E-state index in [1.54, 1.807) is 19.5 Å². The Balaban J connectivity index is 2.49. The number of pyridine rings is 1. The first-order valence-corrected chi connectivity index (χ1v) is 6.46. The van der Waals surface area contributed by atoms with Gasteiger partial charge in [-0.2, -0.15) is 0 Å². The van der Waals surface area contributed by atoms with E-state index in [0.717, 1.165) is 22.8 Å². The van der Waals surface area contributed by atoms with E-state index < -0.39 is 5.60 Å². The highest BCUT2D eigenvalue weighted by Gasteiger charge is 2.30. The first kappa shape index (κ1) is 13.9. The number of nitrogens with two attached hydrogens (primary N) is 1. The van der Waals surface area contributed by atoms with Crippen molar-refractivity contribution in [1.29, 1.82) is 0 Å². The van der Waals surface area contributed by atoms with Crippen molar-refractivity contribution in [3.05, 3.63) is 42.2 Å². The number of rotatable bonds is 6. The maximum absolute atomic E-state index is 10.9. The molecule has 4 heteroatoms. The van der Waals surface area contributed by atoms with Gasteiger partial charge >= 0.3 is 0 Å². The average molecular weight is 260 g/mol. The van der Waals surface area contributed by atoms with Crippen molar-refractivity contribution in [2.24, 2.45) is 5.73 Å². The number of hydrogen-bond acceptors (Lipinski definition) is 4. The number of nitrogens with zero attached hydrogens (tertiary/aromatic N) is 1. The van der Waals surface area contributed by atoms with E-state index in [1.165, 1.54) is 0 Å². The van der Waals surface area contributed by atoms with E-state index >= 15 is 0 Å². The molecule has 0 spiro atoms. The Hall–Kier alpha value is -1.49. The summed E-state index contributed by atoms with van der Waals surface area (Å²) < 4.78 is 5.20. The second-order valence-corrected chi connectivity index (χ2v) is 4.76. The van der Waals surface area contributed by atoms with Crippen molar-refractivity contribution in [2.45, 2.75) is 18.4 Å². The Kier molecular flexibility index (Phi) is 4.47. The molecule has 0 saturated carbocycles. The van der Waals surface area contributed by atoms with Gasteiger partial charge in [0.25, 0.3) is 0 Å². The lowest BCUT2D eigenvalue weighted by Crippen LogP contribution is -2.32. The smallest absolute Gasteiger partial charge is 0.114 e. The Morgan fingerprint density at radius 3 is 2.95 bits per heavy atom. The number of ether oxygens (including phenoxy) is 1. The van der Waals surface area contributed by atoms with Gasteiger partial charge in [0.2, 0.25) is 0 Å². The van der Waals surface area contributed by atoms with Crippen LogP contribution in [0.1, 0.15) is 18.4 Å². The van der Waals surface area contributed by atoms with E-state index in [4.69, 9.17) is 10.5 Å². The number of methoxy groups -OCH3 is 1. The zero-order chi connectivity index (χ0) is 13.7. The van der Waals surface area contributed by atoms with Crippen LogP contribution in [0.4, 0.5) is 0 Å². The van der Waals surface area contributed by atoms with E-state index in [1.807, 2.05) is 24.3 Å². The number of fused-ring (bicyclic) bond motifs is 1. The van der Waals surface area contributed by atoms with Crippen molar-refractivity contribution in [3.8, 4) is 0 Å². The predicted octanol–water partition coefficient (Wildman–Crippen LogP) is 1.81. The SMILES string of the molecule is COCC(O)(CCCN)c1cccc2ccncc12. The van der Waals surface area contributed by atoms with Crippen LogP contribution in [0.3, 0.4) is 0 Å². The van der Waals surface area contributed by atoms with Gasteiger partial charge in [-0.05, 0) is 36.4 Å². The maximum Gasteiger partial charge on any atom is 0.114 e. The van der Waals surface area contributed by atoms with Crippen molar-refractivity contribution in [3.63, 3.8) is 0 Å². The first-order valence-electron chi connectivity index (χ1n) is 6.46. The number of aliphatic hydroxyl groups is 1. The number of hydrogen-bond donors (Lipinski definition) is 2. The van der Waals surface area contributed by atoms with Gasteiger partial charge in [0, 0.05) is 24.9 Å². The molecule has 19 heavy (non-hydrogen) atoms. The van der Waals surface area contributed by atoms with E-state index in [2.05, 4.69) is 4.98 Å². The Morgan fingerprint density at radius 2 is 2.21 bits per heavy atom. The predicted molar refractivity (Wildman–Crippen MR) is 75.8 cm³/mol. The average Bonchev–Trinajstić information content (AvgIpc) is 2.45. The summed E-state index contributed by atoms with van der Waals surface area (Å²) in [6.45, 7) is 0.802. The second kappa shape index (κ2) is 6.10. The molecular weight excluding hydrogens is 240 g/mol. The summed E-state index contributed by atoms with van der Waals surface area (Å²) >= 11 is 0. The van der Waals surface area contributed by atoms with Crippen LogP contribution in [0.5, 0.6) is 0 Å². The summed E-state index contributed by atoms with van der Waals surface area (Å²) in [4.78, 5) is 4.15. The van der Waals surface area contributed by atoms with Crippen LogP contribution in [-0.4, -0.2) is 30.4 Å². The molecule has 1 aromatic heterocycles. The summed E-state index contributed by atoms with van der Waals surface area (Å²) in [5.41, 5.74) is 5.40. The fourth-order valence-corrected chi connectivity index (χ4v) is 2.44. The topological polar surface area (TPSA) is 68.4 Å². The molecule has 1 heterocycles. The lowest BCUT2D eigenvalue weighted by molar-refractivity contribution is -0.0418. The number of aromatic nitrogens is 1. The van der Waals surface area contributed by atoms with E-state index in [-0.39, 0.29) is 6.61 Å². The second-order valence-electron chi connectivity index (χ2n) is 4.76. The Morgan fingerprint density at radius 1 is 1.37 bits per heavy atom. The van der Waals surface area contributed by atoms with Crippen molar-refractivity contribution in [1.82, 2.24) is 4.98 Å². The molecule has 0 bridgehead atoms. The van der Waals surface area contributed by atoms with Crippen molar-refractivity contribution in [2.75, 3.05) is 20.3 Å². The highest BCUT2D eigenvalue weighted by Crippen LogP contribution is 2.32. The lowest BCUT2D eigenvalue weighted by atomic mass is 9.87. The van der Waals surface area contributed by atoms with E-state index in [0.29, 0.717) is 13.0 Å². The summed E-state index contributed by atoms with van der Waals surface area (Å²) in [5.74, 6) is 0. The minimum atomic E-state index is -1.02. The molecule has 1 atom stereocenters. The van der Waals surface area contributed by atoms with Gasteiger partial charge in [0.1, 0.15) is 5.60 Å². The van der Waals surface area contributed by atoms with E-state index in [9.17, 15) is 5.11 Å². The largest absolute Gasteiger partial charge is 0.383 e. The van der Waals surface area contributed by atoms with Crippen LogP contribution in [0.25, 0.3) is 10.8 Å².